The normalized spacial score (nSPS) is 10.7. The maximum absolute atomic E-state index is 6.20. The molecular weight excluding hydrogens is 274 g/mol. The minimum atomic E-state index is 0.592. The van der Waals surface area contributed by atoms with Crippen molar-refractivity contribution in [2.24, 2.45) is 0 Å². The molecule has 0 aliphatic rings. The van der Waals surface area contributed by atoms with Crippen LogP contribution in [0.1, 0.15) is 5.56 Å². The van der Waals surface area contributed by atoms with E-state index >= 15 is 0 Å². The largest absolute Gasteiger partial charge is 0.399 e. The van der Waals surface area contributed by atoms with Crippen molar-refractivity contribution in [3.8, 4) is 17.1 Å². The van der Waals surface area contributed by atoms with Crippen LogP contribution in [0.25, 0.3) is 17.1 Å². The monoisotopic (exact) mass is 285 g/mol. The first kappa shape index (κ1) is 12.6. The van der Waals surface area contributed by atoms with Crippen molar-refractivity contribution in [1.82, 2.24) is 20.2 Å². The summed E-state index contributed by atoms with van der Waals surface area (Å²) in [5, 5.41) is 12.5. The van der Waals surface area contributed by atoms with E-state index in [0.29, 0.717) is 16.5 Å². The highest BCUT2D eigenvalue weighted by Gasteiger charge is 2.14. The number of aryl methyl sites for hydroxylation is 1. The maximum Gasteiger partial charge on any atom is 0.187 e. The van der Waals surface area contributed by atoms with E-state index in [4.69, 9.17) is 17.3 Å². The van der Waals surface area contributed by atoms with Gasteiger partial charge in [0.15, 0.2) is 5.82 Å². The predicted molar refractivity (Wildman–Crippen MR) is 78.7 cm³/mol. The van der Waals surface area contributed by atoms with Crippen LogP contribution >= 0.6 is 11.6 Å². The summed E-state index contributed by atoms with van der Waals surface area (Å²) in [5.74, 6) is 0.635. The standard InChI is InChI=1S/C14H12ClN5/c1-9-8-10(16)6-7-11(9)14-17-18-19-20(14)13-5-3-2-4-12(13)15/h2-8H,16H2,1H3. The first-order chi connectivity index (χ1) is 9.66. The van der Waals surface area contributed by atoms with Gasteiger partial charge in [0, 0.05) is 11.3 Å². The van der Waals surface area contributed by atoms with E-state index in [1.54, 1.807) is 10.7 Å². The molecule has 2 aromatic carbocycles. The fraction of sp³-hybridized carbons (Fsp3) is 0.0714. The van der Waals surface area contributed by atoms with Gasteiger partial charge in [-0.1, -0.05) is 23.7 Å². The lowest BCUT2D eigenvalue weighted by Crippen LogP contribution is -2.01. The second-order valence-electron chi connectivity index (χ2n) is 4.44. The Hall–Kier alpha value is -2.40. The number of anilines is 1. The van der Waals surface area contributed by atoms with E-state index in [2.05, 4.69) is 15.5 Å². The molecule has 0 saturated heterocycles. The van der Waals surface area contributed by atoms with Crippen LogP contribution in [0.15, 0.2) is 42.5 Å². The lowest BCUT2D eigenvalue weighted by molar-refractivity contribution is 0.791. The van der Waals surface area contributed by atoms with Gasteiger partial charge in [-0.2, -0.15) is 4.68 Å². The zero-order valence-corrected chi connectivity index (χ0v) is 11.5. The van der Waals surface area contributed by atoms with Crippen molar-refractivity contribution in [2.75, 3.05) is 5.73 Å². The molecule has 0 bridgehead atoms. The highest BCUT2D eigenvalue weighted by molar-refractivity contribution is 6.32. The number of halogens is 1. The van der Waals surface area contributed by atoms with Crippen LogP contribution in [0.2, 0.25) is 5.02 Å². The van der Waals surface area contributed by atoms with E-state index in [0.717, 1.165) is 16.8 Å². The lowest BCUT2D eigenvalue weighted by Gasteiger charge is -2.08. The number of nitrogen functional groups attached to an aromatic ring is 1. The smallest absolute Gasteiger partial charge is 0.187 e. The lowest BCUT2D eigenvalue weighted by atomic mass is 10.1. The number of rotatable bonds is 2. The molecule has 0 fully saturated rings. The molecule has 1 aromatic heterocycles. The Kier molecular flexibility index (Phi) is 3.12. The topological polar surface area (TPSA) is 69.6 Å². The van der Waals surface area contributed by atoms with Gasteiger partial charge in [0.1, 0.15) is 0 Å². The Balaban J connectivity index is 2.18. The second kappa shape index (κ2) is 4.94. The number of tetrazole rings is 1. The van der Waals surface area contributed by atoms with Crippen LogP contribution in [0, 0.1) is 6.92 Å². The summed E-state index contributed by atoms with van der Waals surface area (Å²) in [6, 6.07) is 13.1. The summed E-state index contributed by atoms with van der Waals surface area (Å²) < 4.78 is 1.63. The van der Waals surface area contributed by atoms with E-state index < -0.39 is 0 Å². The minimum Gasteiger partial charge on any atom is -0.399 e. The van der Waals surface area contributed by atoms with Gasteiger partial charge >= 0.3 is 0 Å². The summed E-state index contributed by atoms with van der Waals surface area (Å²) in [6.07, 6.45) is 0. The van der Waals surface area contributed by atoms with Crippen LogP contribution in [0.5, 0.6) is 0 Å². The third kappa shape index (κ3) is 2.12. The van der Waals surface area contributed by atoms with Crippen molar-refractivity contribution >= 4 is 17.3 Å². The number of benzene rings is 2. The molecule has 0 atom stereocenters. The number of hydrogen-bond acceptors (Lipinski definition) is 4. The van der Waals surface area contributed by atoms with Gasteiger partial charge in [-0.3, -0.25) is 0 Å². The molecule has 0 saturated carbocycles. The number of aromatic nitrogens is 4. The van der Waals surface area contributed by atoms with Gasteiger partial charge in [0.25, 0.3) is 0 Å². The number of para-hydroxylation sites is 1. The fourth-order valence-corrected chi connectivity index (χ4v) is 2.29. The molecule has 0 radical (unpaired) electrons. The molecular formula is C14H12ClN5. The van der Waals surface area contributed by atoms with E-state index in [1.165, 1.54) is 0 Å². The predicted octanol–water partition coefficient (Wildman–Crippen LogP) is 2.87. The first-order valence-electron chi connectivity index (χ1n) is 6.06. The van der Waals surface area contributed by atoms with Crippen molar-refractivity contribution in [3.05, 3.63) is 53.1 Å². The van der Waals surface area contributed by atoms with Crippen LogP contribution in [0.3, 0.4) is 0 Å². The van der Waals surface area contributed by atoms with Crippen LogP contribution in [0.4, 0.5) is 5.69 Å². The van der Waals surface area contributed by atoms with E-state index in [1.807, 2.05) is 43.3 Å². The average molecular weight is 286 g/mol. The van der Waals surface area contributed by atoms with Crippen molar-refractivity contribution < 1.29 is 0 Å². The molecule has 3 aromatic rings. The van der Waals surface area contributed by atoms with Gasteiger partial charge < -0.3 is 5.73 Å². The Labute approximate surface area is 121 Å². The zero-order chi connectivity index (χ0) is 14.1. The van der Waals surface area contributed by atoms with Gasteiger partial charge in [-0.15, -0.1) is 5.10 Å². The summed E-state index contributed by atoms with van der Waals surface area (Å²) in [4.78, 5) is 0. The molecule has 2 N–H and O–H groups in total. The number of nitrogens with zero attached hydrogens (tertiary/aromatic N) is 4. The van der Waals surface area contributed by atoms with Crippen LogP contribution in [-0.4, -0.2) is 20.2 Å². The van der Waals surface area contributed by atoms with Crippen molar-refractivity contribution in [1.29, 1.82) is 0 Å². The molecule has 0 amide bonds. The molecule has 100 valence electrons. The van der Waals surface area contributed by atoms with E-state index in [9.17, 15) is 0 Å². The molecule has 0 aliphatic carbocycles. The van der Waals surface area contributed by atoms with Crippen molar-refractivity contribution in [3.63, 3.8) is 0 Å². The molecule has 3 rings (SSSR count). The molecule has 0 aliphatic heterocycles. The molecule has 6 heteroatoms. The third-order valence-corrected chi connectivity index (χ3v) is 3.36. The highest BCUT2D eigenvalue weighted by Crippen LogP contribution is 2.27. The Morgan fingerprint density at radius 1 is 1.15 bits per heavy atom. The molecule has 1 heterocycles. The first-order valence-corrected chi connectivity index (χ1v) is 6.44. The fourth-order valence-electron chi connectivity index (χ4n) is 2.08. The number of hydrogen-bond donors (Lipinski definition) is 1. The van der Waals surface area contributed by atoms with Gasteiger partial charge in [0.2, 0.25) is 0 Å². The molecule has 0 spiro atoms. The zero-order valence-electron chi connectivity index (χ0n) is 10.8. The highest BCUT2D eigenvalue weighted by atomic mass is 35.5. The number of nitrogens with two attached hydrogens (primary N) is 1. The second-order valence-corrected chi connectivity index (χ2v) is 4.85. The minimum absolute atomic E-state index is 0.592. The van der Waals surface area contributed by atoms with E-state index in [-0.39, 0.29) is 0 Å². The Bertz CT molecular complexity index is 766. The summed E-state index contributed by atoms with van der Waals surface area (Å²) in [7, 11) is 0. The van der Waals surface area contributed by atoms with Crippen molar-refractivity contribution in [2.45, 2.75) is 6.92 Å². The molecule has 0 unspecified atom stereocenters. The molecule has 5 nitrogen and oxygen atoms in total. The summed E-state index contributed by atoms with van der Waals surface area (Å²) >= 11 is 6.20. The van der Waals surface area contributed by atoms with Gasteiger partial charge in [-0.25, -0.2) is 0 Å². The molecule has 20 heavy (non-hydrogen) atoms. The average Bonchev–Trinajstić information content (AvgIpc) is 2.88. The van der Waals surface area contributed by atoms with Gasteiger partial charge in [0.05, 0.1) is 10.7 Å². The Morgan fingerprint density at radius 3 is 2.70 bits per heavy atom. The SMILES string of the molecule is Cc1cc(N)ccc1-c1nnnn1-c1ccccc1Cl. The summed E-state index contributed by atoms with van der Waals surface area (Å²) in [5.41, 5.74) is 9.15. The Morgan fingerprint density at radius 2 is 1.95 bits per heavy atom. The van der Waals surface area contributed by atoms with Crippen LogP contribution in [-0.2, 0) is 0 Å². The summed E-state index contributed by atoms with van der Waals surface area (Å²) in [6.45, 7) is 1.97. The third-order valence-electron chi connectivity index (χ3n) is 3.04. The quantitative estimate of drug-likeness (QED) is 0.735. The maximum atomic E-state index is 6.20. The van der Waals surface area contributed by atoms with Crippen LogP contribution < -0.4 is 5.73 Å². The van der Waals surface area contributed by atoms with Gasteiger partial charge in [-0.05, 0) is 53.2 Å².